The van der Waals surface area contributed by atoms with E-state index in [1.54, 1.807) is 12.1 Å². The van der Waals surface area contributed by atoms with Gasteiger partial charge >= 0.3 is 0 Å². The largest absolute Gasteiger partial charge is 0.363 e. The minimum absolute atomic E-state index is 0.0309. The van der Waals surface area contributed by atoms with Gasteiger partial charge in [0.05, 0.1) is 11.0 Å². The number of hydrogen-bond acceptors (Lipinski definition) is 5. The highest BCUT2D eigenvalue weighted by molar-refractivity contribution is 6.30. The molecule has 0 spiro atoms. The number of benzene rings is 1. The lowest BCUT2D eigenvalue weighted by Crippen LogP contribution is -2.55. The van der Waals surface area contributed by atoms with Crippen LogP contribution in [-0.2, 0) is 4.79 Å². The van der Waals surface area contributed by atoms with Gasteiger partial charge in [0.15, 0.2) is 0 Å². The van der Waals surface area contributed by atoms with E-state index in [0.717, 1.165) is 25.9 Å². The number of rotatable bonds is 4. The average molecular weight is 381 g/mol. The first-order valence-electron chi connectivity index (χ1n) is 9.19. The Hall–Kier alpha value is -1.86. The summed E-state index contributed by atoms with van der Waals surface area (Å²) in [5.74, 6) is 0.204. The normalized spacial score (nSPS) is 20.1. The summed E-state index contributed by atoms with van der Waals surface area (Å²) in [6.45, 7) is 6.42. The zero-order valence-corrected chi connectivity index (χ0v) is 15.8. The molecule has 1 atom stereocenters. The first kappa shape index (κ1) is 18.9. The van der Waals surface area contributed by atoms with Crippen molar-refractivity contribution in [2.24, 2.45) is 0 Å². The summed E-state index contributed by atoms with van der Waals surface area (Å²) < 4.78 is 0. The van der Waals surface area contributed by atoms with Gasteiger partial charge in [-0.1, -0.05) is 11.6 Å². The number of likely N-dealkylation sites (tertiary alicyclic amines) is 1. The number of nitro groups is 1. The van der Waals surface area contributed by atoms with Gasteiger partial charge in [-0.3, -0.25) is 19.8 Å². The molecule has 7 nitrogen and oxygen atoms in total. The van der Waals surface area contributed by atoms with E-state index in [0.29, 0.717) is 36.9 Å². The lowest BCUT2D eigenvalue weighted by atomic mass is 10.1. The quantitative estimate of drug-likeness (QED) is 0.593. The van der Waals surface area contributed by atoms with Gasteiger partial charge in [-0.05, 0) is 38.3 Å². The van der Waals surface area contributed by atoms with E-state index in [1.807, 2.05) is 16.7 Å². The molecule has 1 aromatic rings. The molecule has 2 fully saturated rings. The van der Waals surface area contributed by atoms with Gasteiger partial charge in [-0.25, -0.2) is 0 Å². The Bertz CT molecular complexity index is 670. The zero-order valence-electron chi connectivity index (χ0n) is 15.1. The molecule has 26 heavy (non-hydrogen) atoms. The summed E-state index contributed by atoms with van der Waals surface area (Å²) in [5, 5.41) is 11.7. The minimum atomic E-state index is -0.393. The number of piperidine rings is 1. The van der Waals surface area contributed by atoms with Gasteiger partial charge in [0.25, 0.3) is 5.69 Å². The fraction of sp³-hybridized carbons (Fsp3) is 0.611. The monoisotopic (exact) mass is 380 g/mol. The maximum Gasteiger partial charge on any atom is 0.294 e. The van der Waals surface area contributed by atoms with E-state index in [1.165, 1.54) is 12.5 Å². The summed E-state index contributed by atoms with van der Waals surface area (Å²) in [5.41, 5.74) is 0.623. The van der Waals surface area contributed by atoms with Gasteiger partial charge in [0.2, 0.25) is 5.91 Å². The van der Waals surface area contributed by atoms with Crippen LogP contribution in [0.4, 0.5) is 11.4 Å². The molecule has 3 rings (SSSR count). The third-order valence-corrected chi connectivity index (χ3v) is 5.60. The Morgan fingerprint density at radius 1 is 1.12 bits per heavy atom. The third-order valence-electron chi connectivity index (χ3n) is 5.36. The van der Waals surface area contributed by atoms with Gasteiger partial charge in [-0.2, -0.15) is 0 Å². The van der Waals surface area contributed by atoms with Crippen LogP contribution in [0.2, 0.25) is 5.02 Å². The molecule has 0 N–H and O–H groups in total. The maximum absolute atomic E-state index is 12.7. The third kappa shape index (κ3) is 4.10. The predicted octanol–water partition coefficient (Wildman–Crippen LogP) is 2.77. The maximum atomic E-state index is 12.7. The van der Waals surface area contributed by atoms with Crippen LogP contribution < -0.4 is 4.90 Å². The van der Waals surface area contributed by atoms with E-state index in [4.69, 9.17) is 11.6 Å². The summed E-state index contributed by atoms with van der Waals surface area (Å²) >= 11 is 5.90. The van der Waals surface area contributed by atoms with Gasteiger partial charge < -0.3 is 9.80 Å². The summed E-state index contributed by atoms with van der Waals surface area (Å²) in [6.07, 6.45) is 3.38. The van der Waals surface area contributed by atoms with Crippen molar-refractivity contribution in [3.63, 3.8) is 0 Å². The number of carbonyl (C=O) groups excluding carboxylic acids is 1. The van der Waals surface area contributed by atoms with E-state index in [9.17, 15) is 14.9 Å². The number of amides is 1. The molecule has 0 radical (unpaired) electrons. The fourth-order valence-corrected chi connectivity index (χ4v) is 3.96. The molecule has 0 saturated carbocycles. The molecular weight excluding hydrogens is 356 g/mol. The topological polar surface area (TPSA) is 69.9 Å². The Labute approximate surface area is 158 Å². The molecular formula is C18H25ClN4O3. The molecule has 1 aromatic carbocycles. The summed E-state index contributed by atoms with van der Waals surface area (Å²) in [4.78, 5) is 29.8. The molecule has 8 heteroatoms. The highest BCUT2D eigenvalue weighted by atomic mass is 35.5. The van der Waals surface area contributed by atoms with Crippen molar-refractivity contribution in [2.45, 2.75) is 32.2 Å². The number of anilines is 1. The number of carbonyl (C=O) groups is 1. The second-order valence-corrected chi connectivity index (χ2v) is 7.41. The van der Waals surface area contributed by atoms with Crippen LogP contribution in [0.5, 0.6) is 0 Å². The van der Waals surface area contributed by atoms with Crippen LogP contribution in [0.1, 0.15) is 26.2 Å². The smallest absolute Gasteiger partial charge is 0.294 e. The van der Waals surface area contributed by atoms with Crippen molar-refractivity contribution in [3.8, 4) is 0 Å². The van der Waals surface area contributed by atoms with Crippen LogP contribution >= 0.6 is 11.6 Å². The van der Waals surface area contributed by atoms with E-state index < -0.39 is 4.92 Å². The summed E-state index contributed by atoms with van der Waals surface area (Å²) in [6, 6.07) is 4.64. The highest BCUT2D eigenvalue weighted by Crippen LogP contribution is 2.31. The molecule has 0 bridgehead atoms. The molecule has 2 aliphatic heterocycles. The molecule has 1 amide bonds. The minimum Gasteiger partial charge on any atom is -0.363 e. The number of nitro benzene ring substituents is 1. The number of piperazine rings is 1. The molecule has 2 heterocycles. The predicted molar refractivity (Wildman–Crippen MR) is 102 cm³/mol. The Balaban J connectivity index is 1.62. The van der Waals surface area contributed by atoms with Gasteiger partial charge in [0, 0.05) is 50.4 Å². The van der Waals surface area contributed by atoms with Crippen LogP contribution in [0.15, 0.2) is 18.2 Å². The molecule has 142 valence electrons. The summed E-state index contributed by atoms with van der Waals surface area (Å²) in [7, 11) is 0. The average Bonchev–Trinajstić information content (AvgIpc) is 2.67. The fourth-order valence-electron chi connectivity index (χ4n) is 3.80. The van der Waals surface area contributed by atoms with Crippen molar-refractivity contribution in [3.05, 3.63) is 33.3 Å². The van der Waals surface area contributed by atoms with Crippen LogP contribution in [-0.4, -0.2) is 65.9 Å². The van der Waals surface area contributed by atoms with Crippen LogP contribution in [0.3, 0.4) is 0 Å². The van der Waals surface area contributed by atoms with Crippen molar-refractivity contribution in [1.29, 1.82) is 0 Å². The lowest BCUT2D eigenvalue weighted by molar-refractivity contribution is -0.384. The van der Waals surface area contributed by atoms with Crippen LogP contribution in [0, 0.1) is 10.1 Å². The first-order valence-corrected chi connectivity index (χ1v) is 9.57. The van der Waals surface area contributed by atoms with Crippen molar-refractivity contribution >= 4 is 28.9 Å². The SMILES string of the molecule is C[C@@H](C(=O)N1CCCCC1)N1CCN(c2ccc(Cl)cc2[N+](=O)[O-])CC1. The zero-order chi connectivity index (χ0) is 18.7. The highest BCUT2D eigenvalue weighted by Gasteiger charge is 2.30. The standard InChI is InChI=1S/C18H25ClN4O3/c1-14(18(24)22-7-3-2-4-8-22)20-9-11-21(12-10-20)16-6-5-15(19)13-17(16)23(25)26/h5-6,13-14H,2-4,7-12H2,1H3/t14-/m0/s1. The van der Waals surface area contributed by atoms with E-state index in [-0.39, 0.29) is 17.6 Å². The van der Waals surface area contributed by atoms with Gasteiger partial charge in [-0.15, -0.1) is 0 Å². The second-order valence-electron chi connectivity index (χ2n) is 6.98. The van der Waals surface area contributed by atoms with Crippen molar-refractivity contribution in [2.75, 3.05) is 44.2 Å². The van der Waals surface area contributed by atoms with E-state index in [2.05, 4.69) is 4.90 Å². The second kappa shape index (κ2) is 8.22. The molecule has 0 unspecified atom stereocenters. The van der Waals surface area contributed by atoms with Crippen molar-refractivity contribution in [1.82, 2.24) is 9.80 Å². The number of nitrogens with zero attached hydrogens (tertiary/aromatic N) is 4. The lowest BCUT2D eigenvalue weighted by Gasteiger charge is -2.40. The molecule has 2 aliphatic rings. The van der Waals surface area contributed by atoms with Crippen LogP contribution in [0.25, 0.3) is 0 Å². The Morgan fingerprint density at radius 3 is 2.38 bits per heavy atom. The van der Waals surface area contributed by atoms with E-state index >= 15 is 0 Å². The first-order chi connectivity index (χ1) is 12.5. The molecule has 2 saturated heterocycles. The Morgan fingerprint density at radius 2 is 1.77 bits per heavy atom. The Kier molecular flexibility index (Phi) is 5.98. The molecule has 0 aromatic heterocycles. The molecule has 0 aliphatic carbocycles. The number of hydrogen-bond donors (Lipinski definition) is 0. The van der Waals surface area contributed by atoms with Gasteiger partial charge in [0.1, 0.15) is 5.69 Å². The number of halogens is 1. The van der Waals surface area contributed by atoms with Crippen molar-refractivity contribution < 1.29 is 9.72 Å².